The fourth-order valence-electron chi connectivity index (χ4n) is 1.84. The maximum absolute atomic E-state index is 12.4. The minimum absolute atomic E-state index is 0.0575. The Morgan fingerprint density at radius 2 is 1.81 bits per heavy atom. The van der Waals surface area contributed by atoms with Crippen molar-refractivity contribution in [3.8, 4) is 0 Å². The molecule has 6 heteroatoms. The molecule has 2 heterocycles. The summed E-state index contributed by atoms with van der Waals surface area (Å²) >= 11 is 3.30. The molecule has 0 bridgehead atoms. The normalized spacial score (nSPS) is 10.5. The van der Waals surface area contributed by atoms with Crippen LogP contribution in [0, 0.1) is 0 Å². The molecule has 2 aromatic heterocycles. The van der Waals surface area contributed by atoms with Crippen LogP contribution in [0.25, 0.3) is 0 Å². The molecule has 0 fully saturated rings. The van der Waals surface area contributed by atoms with Gasteiger partial charge in [-0.25, -0.2) is 0 Å². The topological polar surface area (TPSA) is 73.3 Å². The third kappa shape index (κ3) is 2.57. The first-order valence-electron chi connectivity index (χ1n) is 5.99. The maximum atomic E-state index is 12.4. The summed E-state index contributed by atoms with van der Waals surface area (Å²) in [6.45, 7) is 0. The lowest BCUT2D eigenvalue weighted by molar-refractivity contribution is 0.0983. The summed E-state index contributed by atoms with van der Waals surface area (Å²) in [5.74, 6) is -0.721. The van der Waals surface area contributed by atoms with Crippen LogP contribution in [0.5, 0.6) is 0 Å². The molecule has 0 aliphatic heterocycles. The number of carbonyl (C=O) groups excluding carboxylic acids is 2. The minimum atomic E-state index is -0.491. The number of hydrogen-bond donors (Lipinski definition) is 0. The Morgan fingerprint density at radius 1 is 1.05 bits per heavy atom. The van der Waals surface area contributed by atoms with Crippen LogP contribution < -0.4 is 0 Å². The molecule has 0 aliphatic rings. The Balaban J connectivity index is 1.97. The molecular weight excluding hydrogens is 338 g/mol. The summed E-state index contributed by atoms with van der Waals surface area (Å²) in [6.07, 6.45) is 2.55. The predicted molar refractivity (Wildman–Crippen MR) is 76.2 cm³/mol. The van der Waals surface area contributed by atoms with E-state index in [9.17, 15) is 9.59 Å². The lowest BCUT2D eigenvalue weighted by atomic mass is 10.0. The highest BCUT2D eigenvalue weighted by atomic mass is 79.9. The fourth-order valence-corrected chi connectivity index (χ4v) is 2.11. The summed E-state index contributed by atoms with van der Waals surface area (Å²) in [5.41, 5.74) is 0.492. The van der Waals surface area contributed by atoms with Gasteiger partial charge in [0.25, 0.3) is 5.78 Å². The first-order chi connectivity index (χ1) is 10.2. The highest BCUT2D eigenvalue weighted by molar-refractivity contribution is 9.10. The second-order valence-electron chi connectivity index (χ2n) is 4.22. The van der Waals surface area contributed by atoms with Gasteiger partial charge in [0.1, 0.15) is 6.26 Å². The highest BCUT2D eigenvalue weighted by Crippen LogP contribution is 2.19. The molecule has 1 aromatic carbocycles. The van der Waals surface area contributed by atoms with E-state index in [0.29, 0.717) is 5.56 Å². The van der Waals surface area contributed by atoms with E-state index in [4.69, 9.17) is 8.94 Å². The molecule has 21 heavy (non-hydrogen) atoms. The molecule has 0 amide bonds. The molecule has 0 saturated heterocycles. The molecule has 0 saturated carbocycles. The van der Waals surface area contributed by atoms with Crippen molar-refractivity contribution in [3.63, 3.8) is 0 Å². The van der Waals surface area contributed by atoms with E-state index in [1.807, 2.05) is 0 Å². The average Bonchev–Trinajstić information content (AvgIpc) is 3.18. The van der Waals surface area contributed by atoms with Crippen molar-refractivity contribution < 1.29 is 18.5 Å². The predicted octanol–water partition coefficient (Wildman–Crippen LogP) is 3.49. The van der Waals surface area contributed by atoms with Gasteiger partial charge >= 0.3 is 0 Å². The number of benzene rings is 1. The number of hydrogen-bond acceptors (Lipinski definition) is 5. The second kappa shape index (κ2) is 5.49. The van der Waals surface area contributed by atoms with Crippen molar-refractivity contribution in [2.75, 3.05) is 0 Å². The second-order valence-corrected chi connectivity index (χ2v) is 5.13. The van der Waals surface area contributed by atoms with Crippen LogP contribution in [-0.2, 0) is 0 Å². The minimum Gasteiger partial charge on any atom is -0.461 e. The maximum Gasteiger partial charge on any atom is 0.250 e. The van der Waals surface area contributed by atoms with Crippen LogP contribution in [-0.4, -0.2) is 16.7 Å². The molecule has 0 atom stereocenters. The number of aromatic nitrogens is 1. The van der Waals surface area contributed by atoms with Crippen LogP contribution >= 0.6 is 15.9 Å². The van der Waals surface area contributed by atoms with Gasteiger partial charge in [-0.15, -0.1) is 0 Å². The Bertz CT molecular complexity index is 787. The van der Waals surface area contributed by atoms with Crippen molar-refractivity contribution in [2.24, 2.45) is 0 Å². The van der Waals surface area contributed by atoms with Crippen LogP contribution in [0.1, 0.15) is 32.2 Å². The smallest absolute Gasteiger partial charge is 0.250 e. The quantitative estimate of drug-likeness (QED) is 0.676. The summed E-state index contributed by atoms with van der Waals surface area (Å²) in [4.78, 5) is 24.6. The van der Waals surface area contributed by atoms with Gasteiger partial charge in [0.2, 0.25) is 0 Å². The molecule has 0 unspecified atom stereocenters. The summed E-state index contributed by atoms with van der Waals surface area (Å²) in [6, 6.07) is 9.89. The summed E-state index contributed by atoms with van der Waals surface area (Å²) in [7, 11) is 0. The zero-order chi connectivity index (χ0) is 14.8. The monoisotopic (exact) mass is 345 g/mol. The lowest BCUT2D eigenvalue weighted by Crippen LogP contribution is -2.09. The van der Waals surface area contributed by atoms with Crippen molar-refractivity contribution in [1.29, 1.82) is 0 Å². The molecule has 0 radical (unpaired) electrons. The molecule has 0 N–H and O–H groups in total. The van der Waals surface area contributed by atoms with Gasteiger partial charge in [-0.05, 0) is 36.4 Å². The Kier molecular flexibility index (Phi) is 3.53. The van der Waals surface area contributed by atoms with Gasteiger partial charge in [-0.2, -0.15) is 0 Å². The van der Waals surface area contributed by atoms with E-state index in [-0.39, 0.29) is 22.8 Å². The van der Waals surface area contributed by atoms with Gasteiger partial charge in [0.05, 0.1) is 11.8 Å². The molecule has 0 aliphatic carbocycles. The van der Waals surface area contributed by atoms with Gasteiger partial charge < -0.3 is 8.94 Å². The van der Waals surface area contributed by atoms with Crippen molar-refractivity contribution in [3.05, 3.63) is 76.0 Å². The molecule has 104 valence electrons. The summed E-state index contributed by atoms with van der Waals surface area (Å²) < 4.78 is 10.7. The highest BCUT2D eigenvalue weighted by Gasteiger charge is 2.25. The first kappa shape index (κ1) is 13.5. The molecule has 0 spiro atoms. The molecular formula is C15H8BrNO4. The first-order valence-corrected chi connectivity index (χ1v) is 6.79. The van der Waals surface area contributed by atoms with E-state index < -0.39 is 5.78 Å². The van der Waals surface area contributed by atoms with Crippen molar-refractivity contribution in [2.45, 2.75) is 0 Å². The van der Waals surface area contributed by atoms with Gasteiger partial charge in [-0.3, -0.25) is 9.59 Å². The average molecular weight is 346 g/mol. The van der Waals surface area contributed by atoms with Crippen molar-refractivity contribution >= 4 is 27.5 Å². The van der Waals surface area contributed by atoms with E-state index in [2.05, 4.69) is 21.1 Å². The number of nitrogens with zero attached hydrogens (tertiary/aromatic N) is 1. The zero-order valence-corrected chi connectivity index (χ0v) is 12.2. The molecule has 3 rings (SSSR count). The Morgan fingerprint density at radius 3 is 2.48 bits per heavy atom. The Hall–Kier alpha value is -2.47. The fraction of sp³-hybridized carbons (Fsp3) is 0. The van der Waals surface area contributed by atoms with E-state index in [1.54, 1.807) is 30.3 Å². The number of carbonyl (C=O) groups is 2. The summed E-state index contributed by atoms with van der Waals surface area (Å²) in [5, 5.41) is 3.62. The SMILES string of the molecule is O=C(c1ccc(Br)cc1)c1conc1C(=O)c1ccco1. The third-order valence-corrected chi connectivity index (χ3v) is 3.41. The van der Waals surface area contributed by atoms with Crippen molar-refractivity contribution in [1.82, 2.24) is 5.16 Å². The number of furan rings is 1. The van der Waals surface area contributed by atoms with Gasteiger partial charge in [0, 0.05) is 10.0 Å². The van der Waals surface area contributed by atoms with Gasteiger partial charge in [-0.1, -0.05) is 21.1 Å². The standard InChI is InChI=1S/C15H8BrNO4/c16-10-5-3-9(4-6-10)14(18)11-8-21-17-13(11)15(19)12-2-1-7-20-12/h1-8H. The van der Waals surface area contributed by atoms with Crippen LogP contribution in [0.2, 0.25) is 0 Å². The van der Waals surface area contributed by atoms with Crippen LogP contribution in [0.3, 0.4) is 0 Å². The van der Waals surface area contributed by atoms with Crippen LogP contribution in [0.15, 0.2) is 62.3 Å². The van der Waals surface area contributed by atoms with Crippen LogP contribution in [0.4, 0.5) is 0 Å². The van der Waals surface area contributed by atoms with Gasteiger partial charge in [0.15, 0.2) is 17.2 Å². The number of rotatable bonds is 4. The number of halogens is 1. The van der Waals surface area contributed by atoms with E-state index in [0.717, 1.165) is 4.47 Å². The largest absolute Gasteiger partial charge is 0.461 e. The van der Waals surface area contributed by atoms with E-state index >= 15 is 0 Å². The van der Waals surface area contributed by atoms with E-state index in [1.165, 1.54) is 18.6 Å². The zero-order valence-electron chi connectivity index (χ0n) is 10.6. The molecule has 3 aromatic rings. The third-order valence-electron chi connectivity index (χ3n) is 2.88. The lowest BCUT2D eigenvalue weighted by Gasteiger charge is -2.00. The number of ketones is 2. The Labute approximate surface area is 127 Å². The molecule has 5 nitrogen and oxygen atoms in total.